The fraction of sp³-hybridized carbons (Fsp3) is 0.190. The summed E-state index contributed by atoms with van der Waals surface area (Å²) in [7, 11) is 0. The molecule has 0 atom stereocenters. The van der Waals surface area contributed by atoms with Crippen molar-refractivity contribution in [3.8, 4) is 5.75 Å². The Labute approximate surface area is 166 Å². The highest BCUT2D eigenvalue weighted by Crippen LogP contribution is 2.16. The topological polar surface area (TPSA) is 100 Å². The number of para-hydroxylation sites is 2. The van der Waals surface area contributed by atoms with Crippen molar-refractivity contribution < 1.29 is 18.8 Å². The molecule has 0 aliphatic carbocycles. The van der Waals surface area contributed by atoms with Crippen LogP contribution in [0.3, 0.4) is 0 Å². The van der Waals surface area contributed by atoms with Crippen molar-refractivity contribution in [3.05, 3.63) is 77.2 Å². The molecule has 2 aromatic heterocycles. The number of benzene rings is 2. The van der Waals surface area contributed by atoms with Gasteiger partial charge in [-0.1, -0.05) is 17.3 Å². The summed E-state index contributed by atoms with van der Waals surface area (Å²) in [4.78, 5) is 25.4. The molecular formula is C21H18N4O4. The van der Waals surface area contributed by atoms with Gasteiger partial charge in [-0.25, -0.2) is 14.8 Å². The summed E-state index contributed by atoms with van der Waals surface area (Å²) in [6.45, 7) is 3.79. The summed E-state index contributed by atoms with van der Waals surface area (Å²) in [5, 5.41) is 3.76. The van der Waals surface area contributed by atoms with Gasteiger partial charge in [0.1, 0.15) is 12.4 Å². The maximum atomic E-state index is 12.3. The summed E-state index contributed by atoms with van der Waals surface area (Å²) < 4.78 is 15.9. The minimum absolute atomic E-state index is 0.0535. The van der Waals surface area contributed by atoms with E-state index in [4.69, 9.17) is 14.0 Å². The van der Waals surface area contributed by atoms with Crippen molar-refractivity contribution in [2.24, 2.45) is 0 Å². The van der Waals surface area contributed by atoms with Gasteiger partial charge in [0.05, 0.1) is 28.0 Å². The molecule has 146 valence electrons. The lowest BCUT2D eigenvalue weighted by Crippen LogP contribution is -2.08. The van der Waals surface area contributed by atoms with Crippen LogP contribution in [0.2, 0.25) is 0 Å². The third kappa shape index (κ3) is 4.37. The van der Waals surface area contributed by atoms with Gasteiger partial charge in [0.15, 0.2) is 6.61 Å². The Hall–Kier alpha value is -3.81. The van der Waals surface area contributed by atoms with Crippen molar-refractivity contribution in [2.45, 2.75) is 27.1 Å². The smallest absolute Gasteiger partial charge is 0.338 e. The quantitative estimate of drug-likeness (QED) is 0.461. The molecule has 0 bridgehead atoms. The van der Waals surface area contributed by atoms with Crippen LogP contribution in [0, 0.1) is 13.8 Å². The predicted octanol–water partition coefficient (Wildman–Crippen LogP) is 3.57. The minimum atomic E-state index is -0.445. The van der Waals surface area contributed by atoms with Crippen molar-refractivity contribution in [1.29, 1.82) is 0 Å². The molecule has 0 N–H and O–H groups in total. The maximum Gasteiger partial charge on any atom is 0.338 e. The summed E-state index contributed by atoms with van der Waals surface area (Å²) in [6, 6.07) is 14.2. The van der Waals surface area contributed by atoms with Gasteiger partial charge in [-0.15, -0.1) is 0 Å². The number of aryl methyl sites for hydroxylation is 2. The van der Waals surface area contributed by atoms with Crippen molar-refractivity contribution in [1.82, 2.24) is 20.1 Å². The Morgan fingerprint density at radius 2 is 1.66 bits per heavy atom. The van der Waals surface area contributed by atoms with E-state index in [-0.39, 0.29) is 13.2 Å². The van der Waals surface area contributed by atoms with Crippen molar-refractivity contribution >= 4 is 17.0 Å². The molecule has 0 aliphatic rings. The molecule has 0 unspecified atom stereocenters. The monoisotopic (exact) mass is 390 g/mol. The highest BCUT2D eigenvalue weighted by atomic mass is 16.5. The summed E-state index contributed by atoms with van der Waals surface area (Å²) in [5.74, 6) is 1.07. The van der Waals surface area contributed by atoms with Crippen LogP contribution in [0.5, 0.6) is 5.75 Å². The van der Waals surface area contributed by atoms with E-state index in [0.717, 1.165) is 16.7 Å². The Morgan fingerprint density at radius 3 is 2.34 bits per heavy atom. The first-order valence-corrected chi connectivity index (χ1v) is 9.00. The third-order valence-corrected chi connectivity index (χ3v) is 4.21. The SMILES string of the molecule is Cc1nc(COc2ccc(C(=O)OCc3nc4ccccc4nc3C)cc2)no1. The van der Waals surface area contributed by atoms with Gasteiger partial charge in [0.2, 0.25) is 11.7 Å². The molecule has 0 amide bonds. The van der Waals surface area contributed by atoms with Crippen LogP contribution in [-0.2, 0) is 18.0 Å². The minimum Gasteiger partial charge on any atom is -0.485 e. The number of aromatic nitrogens is 4. The fourth-order valence-electron chi connectivity index (χ4n) is 2.71. The highest BCUT2D eigenvalue weighted by molar-refractivity contribution is 5.89. The lowest BCUT2D eigenvalue weighted by Gasteiger charge is -2.08. The van der Waals surface area contributed by atoms with Gasteiger partial charge >= 0.3 is 5.97 Å². The van der Waals surface area contributed by atoms with Crippen LogP contribution in [0.1, 0.15) is 33.5 Å². The van der Waals surface area contributed by atoms with Crippen LogP contribution in [0.25, 0.3) is 11.0 Å². The molecule has 8 heteroatoms. The van der Waals surface area contributed by atoms with Gasteiger partial charge in [-0.05, 0) is 43.3 Å². The molecule has 0 radical (unpaired) electrons. The number of hydrogen-bond acceptors (Lipinski definition) is 8. The Kier molecular flexibility index (Phi) is 5.15. The molecule has 0 aliphatic heterocycles. The van der Waals surface area contributed by atoms with Crippen LogP contribution >= 0.6 is 0 Å². The van der Waals surface area contributed by atoms with E-state index in [1.54, 1.807) is 31.2 Å². The summed E-state index contributed by atoms with van der Waals surface area (Å²) >= 11 is 0. The van der Waals surface area contributed by atoms with Gasteiger partial charge < -0.3 is 14.0 Å². The van der Waals surface area contributed by atoms with Crippen molar-refractivity contribution in [3.63, 3.8) is 0 Å². The highest BCUT2D eigenvalue weighted by Gasteiger charge is 2.11. The second kappa shape index (κ2) is 8.05. The van der Waals surface area contributed by atoms with E-state index >= 15 is 0 Å². The average Bonchev–Trinajstić information content (AvgIpc) is 3.16. The second-order valence-electron chi connectivity index (χ2n) is 6.36. The number of carbonyl (C=O) groups is 1. The second-order valence-corrected chi connectivity index (χ2v) is 6.36. The zero-order chi connectivity index (χ0) is 20.2. The Balaban J connectivity index is 1.36. The number of fused-ring (bicyclic) bond motifs is 1. The molecule has 2 heterocycles. The lowest BCUT2D eigenvalue weighted by molar-refractivity contribution is 0.0467. The first kappa shape index (κ1) is 18.5. The van der Waals surface area contributed by atoms with Gasteiger partial charge in [-0.3, -0.25) is 0 Å². The molecule has 29 heavy (non-hydrogen) atoms. The molecule has 0 fully saturated rings. The number of rotatable bonds is 6. The third-order valence-electron chi connectivity index (χ3n) is 4.21. The molecule has 4 aromatic rings. The van der Waals surface area contributed by atoms with Gasteiger partial charge in [-0.2, -0.15) is 4.98 Å². The maximum absolute atomic E-state index is 12.3. The number of ether oxygens (including phenoxy) is 2. The van der Waals surface area contributed by atoms with E-state index in [1.165, 1.54) is 0 Å². The van der Waals surface area contributed by atoms with Gasteiger partial charge in [0.25, 0.3) is 0 Å². The first-order chi connectivity index (χ1) is 14.1. The van der Waals surface area contributed by atoms with Gasteiger partial charge in [0, 0.05) is 6.92 Å². The number of hydrogen-bond donors (Lipinski definition) is 0. The summed E-state index contributed by atoms with van der Waals surface area (Å²) in [5.41, 5.74) is 3.36. The van der Waals surface area contributed by atoms with E-state index in [9.17, 15) is 4.79 Å². The van der Waals surface area contributed by atoms with E-state index in [1.807, 2.05) is 31.2 Å². The molecule has 2 aromatic carbocycles. The standard InChI is InChI=1S/C21H18N4O4/c1-13-19(24-18-6-4-3-5-17(18)22-13)11-28-21(26)15-7-9-16(10-8-15)27-12-20-23-14(2)29-25-20/h3-10H,11-12H2,1-2H3. The zero-order valence-corrected chi connectivity index (χ0v) is 16.0. The zero-order valence-electron chi connectivity index (χ0n) is 16.0. The van der Waals surface area contributed by atoms with E-state index in [0.29, 0.717) is 28.7 Å². The van der Waals surface area contributed by atoms with Crippen molar-refractivity contribution in [2.75, 3.05) is 0 Å². The Bertz CT molecular complexity index is 1160. The van der Waals surface area contributed by atoms with Crippen LogP contribution in [-0.4, -0.2) is 26.1 Å². The molecule has 4 rings (SSSR count). The summed E-state index contributed by atoms with van der Waals surface area (Å²) in [6.07, 6.45) is 0. The molecule has 0 saturated carbocycles. The van der Waals surface area contributed by atoms with Crippen LogP contribution in [0.4, 0.5) is 0 Å². The molecule has 0 saturated heterocycles. The van der Waals surface area contributed by atoms with E-state index < -0.39 is 5.97 Å². The number of nitrogens with zero attached hydrogens (tertiary/aromatic N) is 4. The molecular weight excluding hydrogens is 372 g/mol. The molecule has 8 nitrogen and oxygen atoms in total. The number of esters is 1. The fourth-order valence-corrected chi connectivity index (χ4v) is 2.71. The Morgan fingerprint density at radius 1 is 0.931 bits per heavy atom. The van der Waals surface area contributed by atoms with Crippen LogP contribution in [0.15, 0.2) is 53.1 Å². The van der Waals surface area contributed by atoms with Crippen LogP contribution < -0.4 is 4.74 Å². The van der Waals surface area contributed by atoms with E-state index in [2.05, 4.69) is 20.1 Å². The molecule has 0 spiro atoms. The predicted molar refractivity (Wildman–Crippen MR) is 103 cm³/mol. The average molecular weight is 390 g/mol. The normalized spacial score (nSPS) is 10.8. The largest absolute Gasteiger partial charge is 0.485 e. The lowest BCUT2D eigenvalue weighted by atomic mass is 10.2. The first-order valence-electron chi connectivity index (χ1n) is 9.00. The number of carbonyl (C=O) groups excluding carboxylic acids is 1.